The molecule has 1 saturated heterocycles. The van der Waals surface area contributed by atoms with Crippen LogP contribution in [0, 0.1) is 0 Å². The number of nitrogens with zero attached hydrogens (tertiary/aromatic N) is 5. The molecule has 2 aliphatic rings. The third kappa shape index (κ3) is 11.2. The first-order valence-corrected chi connectivity index (χ1v) is 19.6. The second-order valence-electron chi connectivity index (χ2n) is 13.5. The number of likely N-dealkylation sites (tertiary alicyclic amines) is 1. The minimum atomic E-state index is -0.397. The highest BCUT2D eigenvalue weighted by molar-refractivity contribution is 8.01. The zero-order chi connectivity index (χ0) is 38.5. The van der Waals surface area contributed by atoms with Crippen LogP contribution < -0.4 is 10.2 Å². The number of benzene rings is 2. The van der Waals surface area contributed by atoms with E-state index < -0.39 is 5.25 Å². The highest BCUT2D eigenvalue weighted by Crippen LogP contribution is 2.41. The fourth-order valence-electron chi connectivity index (χ4n) is 6.30. The summed E-state index contributed by atoms with van der Waals surface area (Å²) in [4.78, 5) is 54.6. The smallest absolute Gasteiger partial charge is 0.242 e. The second kappa shape index (κ2) is 20.5. The van der Waals surface area contributed by atoms with Crippen molar-refractivity contribution < 1.29 is 38.1 Å². The van der Waals surface area contributed by atoms with E-state index in [0.29, 0.717) is 70.7 Å². The molecule has 14 nitrogen and oxygen atoms in total. The van der Waals surface area contributed by atoms with Crippen LogP contribution in [0.15, 0.2) is 48.5 Å². The zero-order valence-electron chi connectivity index (χ0n) is 31.7. The monoisotopic (exact) mass is 764 g/mol. The molecule has 0 saturated carbocycles. The van der Waals surface area contributed by atoms with E-state index in [1.807, 2.05) is 80.9 Å². The molecule has 3 aromatic rings. The molecule has 0 spiro atoms. The molecule has 3 heterocycles. The molecule has 1 N–H and O–H groups in total. The van der Waals surface area contributed by atoms with Crippen LogP contribution >= 0.6 is 11.8 Å². The molecule has 1 atom stereocenters. The summed E-state index contributed by atoms with van der Waals surface area (Å²) in [5.41, 5.74) is 4.81. The second-order valence-corrected chi connectivity index (χ2v) is 15.3. The lowest BCUT2D eigenvalue weighted by molar-refractivity contribution is -0.138. The molecular formula is C39H52N6O8S. The molecule has 292 valence electrons. The number of thioether (sulfide) groups is 1. The first-order chi connectivity index (χ1) is 26.1. The Morgan fingerprint density at radius 3 is 2.24 bits per heavy atom. The lowest BCUT2D eigenvalue weighted by Gasteiger charge is -2.28. The number of nitrogens with one attached hydrogen (secondary N) is 1. The van der Waals surface area contributed by atoms with Gasteiger partial charge in [0.15, 0.2) is 0 Å². The summed E-state index contributed by atoms with van der Waals surface area (Å²) in [6.45, 7) is 12.2. The molecule has 15 heteroatoms. The molecule has 0 radical (unpaired) electrons. The maximum absolute atomic E-state index is 13.9. The molecule has 2 aliphatic heterocycles. The number of amides is 4. The van der Waals surface area contributed by atoms with Crippen LogP contribution in [0.1, 0.15) is 52.5 Å². The maximum atomic E-state index is 13.9. The van der Waals surface area contributed by atoms with Crippen molar-refractivity contribution in [2.45, 2.75) is 76.7 Å². The van der Waals surface area contributed by atoms with E-state index in [1.54, 1.807) is 4.90 Å². The van der Waals surface area contributed by atoms with Gasteiger partial charge in [-0.3, -0.25) is 24.1 Å². The topological polar surface area (TPSA) is 154 Å². The summed E-state index contributed by atoms with van der Waals surface area (Å²) in [6, 6.07) is 15.5. The number of imide groups is 1. The lowest BCUT2D eigenvalue weighted by atomic mass is 9.95. The Kier molecular flexibility index (Phi) is 15.6. The molecule has 0 aliphatic carbocycles. The van der Waals surface area contributed by atoms with Crippen molar-refractivity contribution in [2.75, 3.05) is 64.2 Å². The van der Waals surface area contributed by atoms with E-state index in [1.165, 1.54) is 16.7 Å². The minimum Gasteiger partial charge on any atom is -0.377 e. The number of hydrogen-bond acceptors (Lipinski definition) is 11. The highest BCUT2D eigenvalue weighted by Gasteiger charge is 2.39. The molecule has 1 unspecified atom stereocenters. The van der Waals surface area contributed by atoms with Crippen LogP contribution in [0.3, 0.4) is 0 Å². The van der Waals surface area contributed by atoms with Gasteiger partial charge in [-0.1, -0.05) is 61.5 Å². The Morgan fingerprint density at radius 2 is 1.52 bits per heavy atom. The average Bonchev–Trinajstić information content (AvgIpc) is 3.67. The van der Waals surface area contributed by atoms with Gasteiger partial charge in [-0.2, -0.15) is 0 Å². The number of para-hydroxylation sites is 1. The number of carbonyl (C=O) groups excluding carboxylic acids is 4. The molecular weight excluding hydrogens is 713 g/mol. The van der Waals surface area contributed by atoms with Crippen LogP contribution in [0.2, 0.25) is 0 Å². The highest BCUT2D eigenvalue weighted by atomic mass is 32.2. The number of rotatable bonds is 21. The first kappa shape index (κ1) is 41.0. The SMILES string of the molecule is CC(C)OCCOCCOCCOCCn1nnc2c1-c1ccccc1CN(C(=O)CCNC(=O)CCN1C(=O)CC(SC(C)C)C1=O)c1ccccc1-2. The van der Waals surface area contributed by atoms with Gasteiger partial charge in [0.2, 0.25) is 23.6 Å². The molecule has 1 fully saturated rings. The molecule has 5 rings (SSSR count). The fourth-order valence-corrected chi connectivity index (χ4v) is 7.44. The van der Waals surface area contributed by atoms with Crippen molar-refractivity contribution in [2.24, 2.45) is 0 Å². The van der Waals surface area contributed by atoms with E-state index in [0.717, 1.165) is 22.4 Å². The van der Waals surface area contributed by atoms with E-state index in [4.69, 9.17) is 18.9 Å². The van der Waals surface area contributed by atoms with Gasteiger partial charge >= 0.3 is 0 Å². The van der Waals surface area contributed by atoms with Crippen molar-refractivity contribution in [3.05, 3.63) is 54.1 Å². The van der Waals surface area contributed by atoms with Crippen LogP contribution in [0.4, 0.5) is 5.69 Å². The van der Waals surface area contributed by atoms with Crippen LogP contribution in [-0.2, 0) is 51.2 Å². The van der Waals surface area contributed by atoms with Crippen LogP contribution in [0.5, 0.6) is 0 Å². The summed E-state index contributed by atoms with van der Waals surface area (Å²) in [5.74, 6) is -0.991. The largest absolute Gasteiger partial charge is 0.377 e. The predicted molar refractivity (Wildman–Crippen MR) is 206 cm³/mol. The third-order valence-electron chi connectivity index (χ3n) is 8.82. The molecule has 1 aromatic heterocycles. The number of hydrogen-bond donors (Lipinski definition) is 1. The number of carbonyl (C=O) groups is 4. The summed E-state index contributed by atoms with van der Waals surface area (Å²) >= 11 is 1.46. The Bertz CT molecular complexity index is 1730. The van der Waals surface area contributed by atoms with E-state index in [9.17, 15) is 19.2 Å². The lowest BCUT2D eigenvalue weighted by Crippen LogP contribution is -2.37. The van der Waals surface area contributed by atoms with Gasteiger partial charge in [-0.25, -0.2) is 4.68 Å². The molecule has 54 heavy (non-hydrogen) atoms. The number of anilines is 1. The maximum Gasteiger partial charge on any atom is 0.242 e. The van der Waals surface area contributed by atoms with Gasteiger partial charge in [0.25, 0.3) is 0 Å². The van der Waals surface area contributed by atoms with Crippen molar-refractivity contribution >= 4 is 41.1 Å². The Balaban J connectivity index is 1.15. The van der Waals surface area contributed by atoms with Crippen molar-refractivity contribution in [3.63, 3.8) is 0 Å². The van der Waals surface area contributed by atoms with Gasteiger partial charge in [0.05, 0.1) is 82.1 Å². The zero-order valence-corrected chi connectivity index (χ0v) is 32.5. The average molecular weight is 765 g/mol. The number of fused-ring (bicyclic) bond motifs is 5. The van der Waals surface area contributed by atoms with Gasteiger partial charge < -0.3 is 29.2 Å². The molecule has 0 bridgehead atoms. The summed E-state index contributed by atoms with van der Waals surface area (Å²) in [7, 11) is 0. The summed E-state index contributed by atoms with van der Waals surface area (Å²) < 4.78 is 24.3. The minimum absolute atomic E-state index is 0.0212. The van der Waals surface area contributed by atoms with E-state index >= 15 is 0 Å². The predicted octanol–water partition coefficient (Wildman–Crippen LogP) is 4.10. The summed E-state index contributed by atoms with van der Waals surface area (Å²) in [5, 5.41) is 11.7. The standard InChI is InChI=1S/C39H52N6O8S/c1-27(2)53-24-23-52-22-21-51-20-19-50-18-17-45-38-30-10-6-5-9-29(30)26-44(32-12-8-7-11-31(32)37(38)41-42-45)35(47)13-15-40-34(46)14-16-43-36(48)25-33(39(43)49)54-28(3)4/h5-12,27-28,33H,13-26H2,1-4H3,(H,40,46). The Labute approximate surface area is 321 Å². The van der Waals surface area contributed by atoms with Crippen molar-refractivity contribution in [1.29, 1.82) is 0 Å². The Morgan fingerprint density at radius 1 is 0.852 bits per heavy atom. The van der Waals surface area contributed by atoms with E-state index in [2.05, 4.69) is 15.6 Å². The normalized spacial score (nSPS) is 15.3. The number of ether oxygens (including phenoxy) is 4. The molecule has 4 amide bonds. The van der Waals surface area contributed by atoms with Crippen LogP contribution in [-0.4, -0.2) is 119 Å². The Hall–Kier alpha value is -4.15. The van der Waals surface area contributed by atoms with Gasteiger partial charge in [0, 0.05) is 43.5 Å². The fraction of sp³-hybridized carbons (Fsp3) is 0.538. The van der Waals surface area contributed by atoms with E-state index in [-0.39, 0.29) is 67.3 Å². The quantitative estimate of drug-likeness (QED) is 0.123. The van der Waals surface area contributed by atoms with Gasteiger partial charge in [-0.15, -0.1) is 16.9 Å². The number of aromatic nitrogens is 3. The van der Waals surface area contributed by atoms with Gasteiger partial charge in [-0.05, 0) is 30.7 Å². The molecule has 2 aromatic carbocycles. The van der Waals surface area contributed by atoms with Gasteiger partial charge in [0.1, 0.15) is 5.69 Å². The third-order valence-corrected chi connectivity index (χ3v) is 10.1. The van der Waals surface area contributed by atoms with Crippen LogP contribution in [0.25, 0.3) is 22.5 Å². The van der Waals surface area contributed by atoms with Crippen molar-refractivity contribution in [3.8, 4) is 22.5 Å². The van der Waals surface area contributed by atoms with Crippen molar-refractivity contribution in [1.82, 2.24) is 25.2 Å². The first-order valence-electron chi connectivity index (χ1n) is 18.7. The summed E-state index contributed by atoms with van der Waals surface area (Å²) in [6.07, 6.45) is 0.383.